The molecule has 2 rings (SSSR count). The number of carboxylic acid groups (broad SMARTS) is 1. The molecular formula is C15H18N2O4S. The lowest BCUT2D eigenvalue weighted by molar-refractivity contribution is -0.137. The van der Waals surface area contributed by atoms with Gasteiger partial charge in [-0.25, -0.2) is 0 Å². The second kappa shape index (κ2) is 6.83. The molecule has 0 aromatic heterocycles. The van der Waals surface area contributed by atoms with Crippen LogP contribution >= 0.6 is 11.8 Å². The third-order valence-corrected chi connectivity index (χ3v) is 4.57. The van der Waals surface area contributed by atoms with Crippen molar-refractivity contribution in [3.05, 3.63) is 23.8 Å². The maximum absolute atomic E-state index is 12.3. The SMILES string of the molecule is CC1Sc2ccc(C(=O)N(C)CCCC(=O)O)cc2NC1=O. The van der Waals surface area contributed by atoms with Crippen LogP contribution in [0, 0.1) is 0 Å². The molecule has 1 aliphatic heterocycles. The Balaban J connectivity index is 2.06. The van der Waals surface area contributed by atoms with Gasteiger partial charge in [0.2, 0.25) is 5.91 Å². The van der Waals surface area contributed by atoms with E-state index in [1.165, 1.54) is 16.7 Å². The van der Waals surface area contributed by atoms with Gasteiger partial charge in [0.05, 0.1) is 10.9 Å². The smallest absolute Gasteiger partial charge is 0.303 e. The molecule has 1 aromatic carbocycles. The molecule has 1 aromatic rings. The summed E-state index contributed by atoms with van der Waals surface area (Å²) in [6, 6.07) is 5.22. The lowest BCUT2D eigenvalue weighted by atomic mass is 10.1. The Hall–Kier alpha value is -2.02. The number of nitrogens with zero attached hydrogens (tertiary/aromatic N) is 1. The zero-order valence-electron chi connectivity index (χ0n) is 12.5. The van der Waals surface area contributed by atoms with Gasteiger partial charge in [-0.1, -0.05) is 0 Å². The van der Waals surface area contributed by atoms with Crippen molar-refractivity contribution in [3.63, 3.8) is 0 Å². The summed E-state index contributed by atoms with van der Waals surface area (Å²) in [5.74, 6) is -1.13. The Morgan fingerprint density at radius 1 is 1.41 bits per heavy atom. The molecule has 0 aliphatic carbocycles. The second-order valence-corrected chi connectivity index (χ2v) is 6.57. The summed E-state index contributed by atoms with van der Waals surface area (Å²) < 4.78 is 0. The van der Waals surface area contributed by atoms with Crippen molar-refractivity contribution in [2.45, 2.75) is 29.9 Å². The molecule has 22 heavy (non-hydrogen) atoms. The van der Waals surface area contributed by atoms with Crippen LogP contribution in [0.1, 0.15) is 30.1 Å². The number of hydrogen-bond acceptors (Lipinski definition) is 4. The van der Waals surface area contributed by atoms with Gasteiger partial charge in [-0.2, -0.15) is 0 Å². The quantitative estimate of drug-likeness (QED) is 0.866. The molecule has 2 amide bonds. The predicted octanol–water partition coefficient (Wildman–Crippen LogP) is 2.06. The van der Waals surface area contributed by atoms with Gasteiger partial charge in [-0.05, 0) is 31.5 Å². The van der Waals surface area contributed by atoms with E-state index >= 15 is 0 Å². The number of carbonyl (C=O) groups is 3. The number of anilines is 1. The molecular weight excluding hydrogens is 304 g/mol. The van der Waals surface area contributed by atoms with Crippen molar-refractivity contribution < 1.29 is 19.5 Å². The number of amides is 2. The Bertz CT molecular complexity index is 618. The highest BCUT2D eigenvalue weighted by Gasteiger charge is 2.24. The van der Waals surface area contributed by atoms with Gasteiger partial charge < -0.3 is 15.3 Å². The molecule has 1 unspecified atom stereocenters. The van der Waals surface area contributed by atoms with Gasteiger partial charge >= 0.3 is 5.97 Å². The maximum atomic E-state index is 12.3. The average Bonchev–Trinajstić information content (AvgIpc) is 2.46. The standard InChI is InChI=1S/C15H18N2O4S/c1-9-14(20)16-11-8-10(5-6-12(11)22-9)15(21)17(2)7-3-4-13(18)19/h5-6,8-9H,3-4,7H2,1-2H3,(H,16,20)(H,18,19). The summed E-state index contributed by atoms with van der Waals surface area (Å²) in [5.41, 5.74) is 1.13. The third-order valence-electron chi connectivity index (χ3n) is 3.39. The van der Waals surface area contributed by atoms with Gasteiger partial charge in [0.15, 0.2) is 0 Å². The molecule has 0 radical (unpaired) electrons. The van der Waals surface area contributed by atoms with Crippen LogP contribution in [0.25, 0.3) is 0 Å². The topological polar surface area (TPSA) is 86.7 Å². The van der Waals surface area contributed by atoms with E-state index in [1.807, 2.05) is 13.0 Å². The van der Waals surface area contributed by atoms with Crippen molar-refractivity contribution in [3.8, 4) is 0 Å². The normalized spacial score (nSPS) is 16.6. The second-order valence-electron chi connectivity index (χ2n) is 5.18. The molecule has 0 spiro atoms. The van der Waals surface area contributed by atoms with Crippen LogP contribution in [0.2, 0.25) is 0 Å². The minimum absolute atomic E-state index is 0.0341. The average molecular weight is 322 g/mol. The number of carboxylic acids is 1. The van der Waals surface area contributed by atoms with Crippen molar-refractivity contribution in [2.75, 3.05) is 18.9 Å². The number of fused-ring (bicyclic) bond motifs is 1. The summed E-state index contributed by atoms with van der Waals surface area (Å²) in [5, 5.41) is 11.3. The molecule has 1 aliphatic rings. The first-order valence-electron chi connectivity index (χ1n) is 6.97. The van der Waals surface area contributed by atoms with Gasteiger partial charge in [0.25, 0.3) is 5.91 Å². The Morgan fingerprint density at radius 3 is 2.82 bits per heavy atom. The number of hydrogen-bond donors (Lipinski definition) is 2. The predicted molar refractivity (Wildman–Crippen MR) is 84.2 cm³/mol. The van der Waals surface area contributed by atoms with Crippen molar-refractivity contribution in [1.29, 1.82) is 0 Å². The van der Waals surface area contributed by atoms with Crippen LogP contribution < -0.4 is 5.32 Å². The molecule has 0 saturated heterocycles. The lowest BCUT2D eigenvalue weighted by Crippen LogP contribution is -2.29. The Labute approximate surface area is 132 Å². The lowest BCUT2D eigenvalue weighted by Gasteiger charge is -2.23. The molecule has 6 nitrogen and oxygen atoms in total. The number of carbonyl (C=O) groups excluding carboxylic acids is 2. The number of thioether (sulfide) groups is 1. The summed E-state index contributed by atoms with van der Waals surface area (Å²) in [7, 11) is 1.64. The van der Waals surface area contributed by atoms with Crippen LogP contribution in [-0.2, 0) is 9.59 Å². The van der Waals surface area contributed by atoms with Crippen LogP contribution in [0.5, 0.6) is 0 Å². The maximum Gasteiger partial charge on any atom is 0.303 e. The fourth-order valence-corrected chi connectivity index (χ4v) is 3.06. The van der Waals surface area contributed by atoms with Crippen LogP contribution in [-0.4, -0.2) is 46.6 Å². The highest BCUT2D eigenvalue weighted by molar-refractivity contribution is 8.00. The fraction of sp³-hybridized carbons (Fsp3) is 0.400. The monoisotopic (exact) mass is 322 g/mol. The van der Waals surface area contributed by atoms with Gasteiger partial charge in [-0.15, -0.1) is 11.8 Å². The third kappa shape index (κ3) is 3.79. The number of aliphatic carboxylic acids is 1. The molecule has 0 fully saturated rings. The minimum atomic E-state index is -0.872. The van der Waals surface area contributed by atoms with E-state index in [0.717, 1.165) is 4.90 Å². The Kier molecular flexibility index (Phi) is 5.07. The fourth-order valence-electron chi connectivity index (χ4n) is 2.13. The number of benzene rings is 1. The van der Waals surface area contributed by atoms with Crippen LogP contribution in [0.4, 0.5) is 5.69 Å². The van der Waals surface area contributed by atoms with Gasteiger partial charge in [-0.3, -0.25) is 14.4 Å². The van der Waals surface area contributed by atoms with E-state index in [1.54, 1.807) is 19.2 Å². The van der Waals surface area contributed by atoms with E-state index in [9.17, 15) is 14.4 Å². The van der Waals surface area contributed by atoms with E-state index in [0.29, 0.717) is 24.2 Å². The van der Waals surface area contributed by atoms with Crippen molar-refractivity contribution in [1.82, 2.24) is 4.90 Å². The summed E-state index contributed by atoms with van der Waals surface area (Å²) in [6.07, 6.45) is 0.443. The summed E-state index contributed by atoms with van der Waals surface area (Å²) >= 11 is 1.46. The van der Waals surface area contributed by atoms with Gasteiger partial charge in [0.1, 0.15) is 0 Å². The van der Waals surface area contributed by atoms with Crippen molar-refractivity contribution in [2.24, 2.45) is 0 Å². The molecule has 118 valence electrons. The molecule has 7 heteroatoms. The summed E-state index contributed by atoms with van der Waals surface area (Å²) in [6.45, 7) is 2.21. The molecule has 0 bridgehead atoms. The van der Waals surface area contributed by atoms with E-state index in [4.69, 9.17) is 5.11 Å². The first-order valence-corrected chi connectivity index (χ1v) is 7.85. The van der Waals surface area contributed by atoms with Crippen LogP contribution in [0.15, 0.2) is 23.1 Å². The zero-order chi connectivity index (χ0) is 16.3. The van der Waals surface area contributed by atoms with Crippen molar-refractivity contribution >= 4 is 35.2 Å². The van der Waals surface area contributed by atoms with Gasteiger partial charge in [0, 0.05) is 30.5 Å². The van der Waals surface area contributed by atoms with E-state index < -0.39 is 5.97 Å². The van der Waals surface area contributed by atoms with Crippen LogP contribution in [0.3, 0.4) is 0 Å². The molecule has 1 atom stereocenters. The summed E-state index contributed by atoms with van der Waals surface area (Å²) in [4.78, 5) is 36.9. The highest BCUT2D eigenvalue weighted by atomic mass is 32.2. The zero-order valence-corrected chi connectivity index (χ0v) is 13.3. The molecule has 0 saturated carbocycles. The number of rotatable bonds is 5. The molecule has 2 N–H and O–H groups in total. The first kappa shape index (κ1) is 16.4. The minimum Gasteiger partial charge on any atom is -0.481 e. The van der Waals surface area contributed by atoms with E-state index in [2.05, 4.69) is 5.32 Å². The largest absolute Gasteiger partial charge is 0.481 e. The Morgan fingerprint density at radius 2 is 2.14 bits per heavy atom. The van der Waals surface area contributed by atoms with E-state index in [-0.39, 0.29) is 23.5 Å². The highest BCUT2D eigenvalue weighted by Crippen LogP contribution is 2.36. The first-order chi connectivity index (χ1) is 10.4. The number of nitrogens with one attached hydrogen (secondary N) is 1. The molecule has 1 heterocycles.